The summed E-state index contributed by atoms with van der Waals surface area (Å²) in [5.41, 5.74) is 3.91. The van der Waals surface area contributed by atoms with Gasteiger partial charge in [0, 0.05) is 35.1 Å². The molecule has 1 aliphatic rings. The summed E-state index contributed by atoms with van der Waals surface area (Å²) in [6.07, 6.45) is 10.5. The van der Waals surface area contributed by atoms with Crippen LogP contribution < -0.4 is 0 Å². The highest BCUT2D eigenvalue weighted by molar-refractivity contribution is 5.85. The zero-order valence-electron chi connectivity index (χ0n) is 10.9. The first-order valence-electron chi connectivity index (χ1n) is 6.89. The van der Waals surface area contributed by atoms with Gasteiger partial charge in [0.1, 0.15) is 11.5 Å². The van der Waals surface area contributed by atoms with Crippen LogP contribution in [0.25, 0.3) is 22.2 Å². The number of pyridine rings is 2. The maximum atomic E-state index is 13.3. The van der Waals surface area contributed by atoms with E-state index in [4.69, 9.17) is 0 Å². The van der Waals surface area contributed by atoms with Gasteiger partial charge in [-0.2, -0.15) is 0 Å². The zero-order valence-corrected chi connectivity index (χ0v) is 10.9. The van der Waals surface area contributed by atoms with Gasteiger partial charge in [-0.25, -0.2) is 9.37 Å². The molecule has 3 heterocycles. The molecular weight excluding hydrogens is 253 g/mol. The Morgan fingerprint density at radius 2 is 1.95 bits per heavy atom. The fraction of sp³-hybridized carbons (Fsp3) is 0.250. The molecule has 1 saturated carbocycles. The number of fused-ring (bicyclic) bond motifs is 1. The summed E-state index contributed by atoms with van der Waals surface area (Å²) in [5.74, 6) is 0.322. The third-order valence-electron chi connectivity index (χ3n) is 4.15. The highest BCUT2D eigenvalue weighted by atomic mass is 19.1. The number of H-pyrrole nitrogens is 1. The van der Waals surface area contributed by atoms with E-state index in [1.165, 1.54) is 37.1 Å². The molecule has 1 fully saturated rings. The lowest BCUT2D eigenvalue weighted by Gasteiger charge is -2.24. The van der Waals surface area contributed by atoms with E-state index in [2.05, 4.69) is 27.2 Å². The van der Waals surface area contributed by atoms with E-state index in [1.807, 2.05) is 0 Å². The molecule has 0 unspecified atom stereocenters. The van der Waals surface area contributed by atoms with Crippen LogP contribution in [0.4, 0.5) is 4.39 Å². The molecule has 20 heavy (non-hydrogen) atoms. The first-order valence-corrected chi connectivity index (χ1v) is 6.89. The SMILES string of the molecule is Fc1cncc(-c2cnc3[nH]cc(C4CCC4)c3c2)c1. The minimum Gasteiger partial charge on any atom is -0.346 e. The van der Waals surface area contributed by atoms with Crippen molar-refractivity contribution in [3.05, 3.63) is 48.3 Å². The molecule has 0 bridgehead atoms. The molecule has 1 aliphatic carbocycles. The van der Waals surface area contributed by atoms with Gasteiger partial charge in [-0.15, -0.1) is 0 Å². The largest absolute Gasteiger partial charge is 0.346 e. The predicted molar refractivity (Wildman–Crippen MR) is 75.9 cm³/mol. The average Bonchev–Trinajstić information content (AvgIpc) is 2.80. The lowest BCUT2D eigenvalue weighted by Crippen LogP contribution is -2.07. The molecule has 0 atom stereocenters. The fourth-order valence-corrected chi connectivity index (χ4v) is 2.81. The molecule has 3 nitrogen and oxygen atoms in total. The van der Waals surface area contributed by atoms with Crippen molar-refractivity contribution in [2.45, 2.75) is 25.2 Å². The number of hydrogen-bond acceptors (Lipinski definition) is 2. The third-order valence-corrected chi connectivity index (χ3v) is 4.15. The Labute approximate surface area is 115 Å². The average molecular weight is 267 g/mol. The lowest BCUT2D eigenvalue weighted by molar-refractivity contribution is 0.422. The van der Waals surface area contributed by atoms with Crippen molar-refractivity contribution in [1.82, 2.24) is 15.0 Å². The number of aromatic amines is 1. The van der Waals surface area contributed by atoms with E-state index >= 15 is 0 Å². The molecule has 3 aromatic rings. The first-order chi connectivity index (χ1) is 9.81. The minimum atomic E-state index is -0.323. The molecule has 0 aromatic carbocycles. The van der Waals surface area contributed by atoms with E-state index in [1.54, 1.807) is 12.4 Å². The van der Waals surface area contributed by atoms with Crippen LogP contribution in [0.1, 0.15) is 30.7 Å². The summed E-state index contributed by atoms with van der Waals surface area (Å²) in [4.78, 5) is 11.6. The Morgan fingerprint density at radius 1 is 1.10 bits per heavy atom. The highest BCUT2D eigenvalue weighted by Crippen LogP contribution is 2.40. The molecule has 0 radical (unpaired) electrons. The van der Waals surface area contributed by atoms with E-state index in [0.29, 0.717) is 5.92 Å². The molecule has 3 aromatic heterocycles. The Morgan fingerprint density at radius 3 is 2.70 bits per heavy atom. The van der Waals surface area contributed by atoms with Crippen molar-refractivity contribution in [2.24, 2.45) is 0 Å². The monoisotopic (exact) mass is 267 g/mol. The number of hydrogen-bond donors (Lipinski definition) is 1. The summed E-state index contributed by atoms with van der Waals surface area (Å²) in [6, 6.07) is 3.58. The molecule has 0 amide bonds. The molecule has 4 rings (SSSR count). The third kappa shape index (κ3) is 1.80. The molecule has 4 heteroatoms. The smallest absolute Gasteiger partial charge is 0.142 e. The minimum absolute atomic E-state index is 0.323. The summed E-state index contributed by atoms with van der Waals surface area (Å²) in [5, 5.41) is 1.15. The second-order valence-corrected chi connectivity index (χ2v) is 5.38. The van der Waals surface area contributed by atoms with Gasteiger partial charge in [0.2, 0.25) is 0 Å². The molecule has 100 valence electrons. The summed E-state index contributed by atoms with van der Waals surface area (Å²) >= 11 is 0. The van der Waals surface area contributed by atoms with Crippen LogP contribution >= 0.6 is 0 Å². The Bertz CT molecular complexity index is 774. The van der Waals surface area contributed by atoms with Crippen LogP contribution in [0.15, 0.2) is 36.9 Å². The van der Waals surface area contributed by atoms with Crippen LogP contribution in [0.2, 0.25) is 0 Å². The summed E-state index contributed by atoms with van der Waals surface area (Å²) < 4.78 is 13.3. The summed E-state index contributed by atoms with van der Waals surface area (Å²) in [6.45, 7) is 0. The molecular formula is C16H14FN3. The number of nitrogens with zero attached hydrogens (tertiary/aromatic N) is 2. The van der Waals surface area contributed by atoms with Gasteiger partial charge < -0.3 is 4.98 Å². The normalized spacial score (nSPS) is 15.4. The second kappa shape index (κ2) is 4.40. The van der Waals surface area contributed by atoms with Gasteiger partial charge >= 0.3 is 0 Å². The van der Waals surface area contributed by atoms with Crippen molar-refractivity contribution in [3.63, 3.8) is 0 Å². The highest BCUT2D eigenvalue weighted by Gasteiger charge is 2.22. The number of aromatic nitrogens is 3. The quantitative estimate of drug-likeness (QED) is 0.761. The fourth-order valence-electron chi connectivity index (χ4n) is 2.81. The second-order valence-electron chi connectivity index (χ2n) is 5.38. The van der Waals surface area contributed by atoms with Gasteiger partial charge in [0.25, 0.3) is 0 Å². The maximum Gasteiger partial charge on any atom is 0.142 e. The van der Waals surface area contributed by atoms with E-state index in [-0.39, 0.29) is 5.82 Å². The van der Waals surface area contributed by atoms with E-state index < -0.39 is 0 Å². The maximum absolute atomic E-state index is 13.3. The van der Waals surface area contributed by atoms with Gasteiger partial charge in [0.15, 0.2) is 0 Å². The van der Waals surface area contributed by atoms with Crippen molar-refractivity contribution in [3.8, 4) is 11.1 Å². The number of halogens is 1. The van der Waals surface area contributed by atoms with Crippen molar-refractivity contribution < 1.29 is 4.39 Å². The van der Waals surface area contributed by atoms with E-state index in [0.717, 1.165) is 22.2 Å². The molecule has 1 N–H and O–H groups in total. The Kier molecular flexibility index (Phi) is 2.55. The first kappa shape index (κ1) is 11.6. The van der Waals surface area contributed by atoms with Crippen molar-refractivity contribution >= 4 is 11.0 Å². The van der Waals surface area contributed by atoms with Crippen LogP contribution in [-0.4, -0.2) is 15.0 Å². The molecule has 0 aliphatic heterocycles. The van der Waals surface area contributed by atoms with Gasteiger partial charge in [0.05, 0.1) is 6.20 Å². The topological polar surface area (TPSA) is 41.6 Å². The molecule has 0 spiro atoms. The van der Waals surface area contributed by atoms with Crippen molar-refractivity contribution in [2.75, 3.05) is 0 Å². The van der Waals surface area contributed by atoms with E-state index in [9.17, 15) is 4.39 Å². The zero-order chi connectivity index (χ0) is 13.5. The van der Waals surface area contributed by atoms with Crippen LogP contribution in [0.3, 0.4) is 0 Å². The standard InChI is InChI=1S/C16H14FN3/c17-13-4-11(6-18-8-13)12-5-14-15(10-2-1-3-10)9-20-16(14)19-7-12/h4-10H,1-3H2,(H,19,20). The molecule has 0 saturated heterocycles. The lowest BCUT2D eigenvalue weighted by atomic mass is 9.80. The summed E-state index contributed by atoms with van der Waals surface area (Å²) in [7, 11) is 0. The Balaban J connectivity index is 1.84. The van der Waals surface area contributed by atoms with Crippen LogP contribution in [0, 0.1) is 5.82 Å². The van der Waals surface area contributed by atoms with Crippen LogP contribution in [0.5, 0.6) is 0 Å². The Hall–Kier alpha value is -2.23. The predicted octanol–water partition coefficient (Wildman–Crippen LogP) is 4.03. The van der Waals surface area contributed by atoms with Gasteiger partial charge in [-0.1, -0.05) is 6.42 Å². The van der Waals surface area contributed by atoms with Gasteiger partial charge in [-0.3, -0.25) is 4.98 Å². The van der Waals surface area contributed by atoms with Crippen molar-refractivity contribution in [1.29, 1.82) is 0 Å². The number of rotatable bonds is 2. The van der Waals surface area contributed by atoms with Crippen LogP contribution in [-0.2, 0) is 0 Å². The number of nitrogens with one attached hydrogen (secondary N) is 1. The van der Waals surface area contributed by atoms with Gasteiger partial charge in [-0.05, 0) is 36.5 Å².